The predicted molar refractivity (Wildman–Crippen MR) is 139 cm³/mol. The highest BCUT2D eigenvalue weighted by atomic mass is 35.5. The molecule has 3 rings (SSSR count). The Kier molecular flexibility index (Phi) is 9.08. The molecule has 2 aromatic carbocycles. The summed E-state index contributed by atoms with van der Waals surface area (Å²) in [6, 6.07) is 10.8. The van der Waals surface area contributed by atoms with Crippen LogP contribution in [-0.4, -0.2) is 63.7 Å². The number of carbonyl (C=O) groups excluding carboxylic acids is 2. The molecule has 0 radical (unpaired) electrons. The number of nitrogens with one attached hydrogen (secondary N) is 1. The van der Waals surface area contributed by atoms with E-state index in [1.807, 2.05) is 13.8 Å². The Balaban J connectivity index is 1.91. The topological polar surface area (TPSA) is 105 Å². The van der Waals surface area contributed by atoms with E-state index in [2.05, 4.69) is 5.32 Å². The van der Waals surface area contributed by atoms with Crippen molar-refractivity contribution >= 4 is 39.1 Å². The molecule has 36 heavy (non-hydrogen) atoms. The molecule has 0 fully saturated rings. The second-order valence-electron chi connectivity index (χ2n) is 9.03. The Morgan fingerprint density at radius 3 is 2.36 bits per heavy atom. The van der Waals surface area contributed by atoms with Gasteiger partial charge in [-0.05, 0) is 36.6 Å². The summed E-state index contributed by atoms with van der Waals surface area (Å²) >= 11 is 6.33. The number of halogens is 1. The number of benzene rings is 2. The summed E-state index contributed by atoms with van der Waals surface area (Å²) in [5.74, 6) is 0.233. The van der Waals surface area contributed by atoms with E-state index in [-0.39, 0.29) is 24.1 Å². The van der Waals surface area contributed by atoms with Crippen LogP contribution in [0, 0.1) is 5.92 Å². The molecule has 0 spiro atoms. The summed E-state index contributed by atoms with van der Waals surface area (Å²) in [6.45, 7) is 6.25. The lowest BCUT2D eigenvalue weighted by atomic mass is 10.1. The lowest BCUT2D eigenvalue weighted by molar-refractivity contribution is -0.139. The van der Waals surface area contributed by atoms with Crippen molar-refractivity contribution in [3.63, 3.8) is 0 Å². The number of hydrogen-bond donors (Lipinski definition) is 1. The maximum atomic E-state index is 13.6. The van der Waals surface area contributed by atoms with Crippen LogP contribution in [0.4, 0.5) is 5.69 Å². The molecule has 1 aliphatic heterocycles. The highest BCUT2D eigenvalue weighted by Gasteiger charge is 2.31. The summed E-state index contributed by atoms with van der Waals surface area (Å²) in [5, 5.41) is 3.28. The van der Waals surface area contributed by atoms with Crippen LogP contribution >= 0.6 is 11.6 Å². The van der Waals surface area contributed by atoms with E-state index in [4.69, 9.17) is 21.1 Å². The van der Waals surface area contributed by atoms with Crippen molar-refractivity contribution in [3.8, 4) is 11.5 Å². The van der Waals surface area contributed by atoms with Gasteiger partial charge in [0, 0.05) is 24.2 Å². The van der Waals surface area contributed by atoms with Crippen molar-refractivity contribution < 1.29 is 27.5 Å². The van der Waals surface area contributed by atoms with Crippen LogP contribution in [0.3, 0.4) is 0 Å². The first-order valence-corrected chi connectivity index (χ1v) is 13.9. The first-order chi connectivity index (χ1) is 17.0. The van der Waals surface area contributed by atoms with Gasteiger partial charge >= 0.3 is 0 Å². The van der Waals surface area contributed by atoms with Crippen molar-refractivity contribution in [1.29, 1.82) is 0 Å². The fourth-order valence-corrected chi connectivity index (χ4v) is 4.68. The summed E-state index contributed by atoms with van der Waals surface area (Å²) in [4.78, 5) is 27.8. The zero-order valence-electron chi connectivity index (χ0n) is 20.9. The summed E-state index contributed by atoms with van der Waals surface area (Å²) in [5.41, 5.74) is 0.894. The van der Waals surface area contributed by atoms with E-state index >= 15 is 0 Å². The third kappa shape index (κ3) is 7.04. The molecule has 9 nitrogen and oxygen atoms in total. The van der Waals surface area contributed by atoms with Gasteiger partial charge in [-0.25, -0.2) is 8.42 Å². The highest BCUT2D eigenvalue weighted by Crippen LogP contribution is 2.34. The molecule has 2 amide bonds. The van der Waals surface area contributed by atoms with Crippen LogP contribution in [0.15, 0.2) is 42.5 Å². The fraction of sp³-hybridized carbons (Fsp3) is 0.440. The van der Waals surface area contributed by atoms with Gasteiger partial charge in [0.1, 0.15) is 25.8 Å². The molecule has 1 atom stereocenters. The van der Waals surface area contributed by atoms with Crippen molar-refractivity contribution in [1.82, 2.24) is 10.2 Å². The van der Waals surface area contributed by atoms with Crippen molar-refractivity contribution in [2.75, 3.05) is 36.9 Å². The number of rotatable bonds is 10. The number of nitrogens with zero attached hydrogens (tertiary/aromatic N) is 2. The average Bonchev–Trinajstić information content (AvgIpc) is 2.83. The third-order valence-corrected chi connectivity index (χ3v) is 7.15. The van der Waals surface area contributed by atoms with Gasteiger partial charge in [0.2, 0.25) is 21.8 Å². The second-order valence-corrected chi connectivity index (χ2v) is 11.3. The first-order valence-electron chi connectivity index (χ1n) is 11.6. The summed E-state index contributed by atoms with van der Waals surface area (Å²) in [7, 11) is -3.86. The van der Waals surface area contributed by atoms with Crippen LogP contribution < -0.4 is 19.1 Å². The molecular weight excluding hydrogens is 506 g/mol. The highest BCUT2D eigenvalue weighted by molar-refractivity contribution is 7.92. The maximum Gasteiger partial charge on any atom is 0.244 e. The van der Waals surface area contributed by atoms with E-state index in [1.165, 1.54) is 11.0 Å². The van der Waals surface area contributed by atoms with Crippen molar-refractivity contribution in [2.24, 2.45) is 5.92 Å². The quantitative estimate of drug-likeness (QED) is 0.499. The molecule has 2 aromatic rings. The maximum absolute atomic E-state index is 13.6. The zero-order valence-corrected chi connectivity index (χ0v) is 22.4. The average molecular weight is 538 g/mol. The van der Waals surface area contributed by atoms with Gasteiger partial charge in [0.05, 0.1) is 11.9 Å². The van der Waals surface area contributed by atoms with Crippen LogP contribution in [0.1, 0.15) is 26.3 Å². The lowest BCUT2D eigenvalue weighted by Gasteiger charge is -2.32. The molecule has 196 valence electrons. The minimum atomic E-state index is -3.86. The Bertz CT molecular complexity index is 1200. The molecular formula is C25H32ClN3O6S. The molecule has 1 aliphatic rings. The fourth-order valence-electron chi connectivity index (χ4n) is 3.65. The molecule has 11 heteroatoms. The minimum Gasteiger partial charge on any atom is -0.486 e. The molecule has 0 aliphatic carbocycles. The Morgan fingerprint density at radius 2 is 1.72 bits per heavy atom. The van der Waals surface area contributed by atoms with E-state index in [0.717, 1.165) is 10.6 Å². The van der Waals surface area contributed by atoms with Crippen molar-refractivity contribution in [2.45, 2.75) is 33.4 Å². The standard InChI is InChI=1S/C25H32ClN3O6S/c1-17(2)14-27-25(31)18(3)28(15-19-7-5-6-8-21(19)26)24(30)16-29(36(4,32)33)20-9-10-22-23(13-20)35-12-11-34-22/h5-10,13,17-18H,11-12,14-16H2,1-4H3,(H,27,31)/t18-/m1/s1. The van der Waals surface area contributed by atoms with Gasteiger partial charge in [0.25, 0.3) is 0 Å². The van der Waals surface area contributed by atoms with Gasteiger partial charge < -0.3 is 19.7 Å². The van der Waals surface area contributed by atoms with E-state index in [9.17, 15) is 18.0 Å². The van der Waals surface area contributed by atoms with Crippen LogP contribution in [0.2, 0.25) is 5.02 Å². The molecule has 0 aromatic heterocycles. The molecule has 1 heterocycles. The second kappa shape index (κ2) is 11.8. The Labute approximate surface area is 217 Å². The monoisotopic (exact) mass is 537 g/mol. The Hall–Kier alpha value is -2.98. The minimum absolute atomic E-state index is 0.0352. The summed E-state index contributed by atoms with van der Waals surface area (Å²) in [6.07, 6.45) is 1.02. The Morgan fingerprint density at radius 1 is 1.06 bits per heavy atom. The van der Waals surface area contributed by atoms with Gasteiger partial charge in [-0.15, -0.1) is 0 Å². The van der Waals surface area contributed by atoms with Crippen LogP contribution in [0.25, 0.3) is 0 Å². The first kappa shape index (κ1) is 27.6. The van der Waals surface area contributed by atoms with Crippen LogP contribution in [0.5, 0.6) is 11.5 Å². The molecule has 0 unspecified atom stereocenters. The largest absolute Gasteiger partial charge is 0.486 e. The van der Waals surface area contributed by atoms with Gasteiger partial charge in [-0.2, -0.15) is 0 Å². The smallest absolute Gasteiger partial charge is 0.244 e. The van der Waals surface area contributed by atoms with E-state index in [1.54, 1.807) is 43.3 Å². The number of anilines is 1. The predicted octanol–water partition coefficient (Wildman–Crippen LogP) is 3.07. The molecule has 1 N–H and O–H groups in total. The van der Waals surface area contributed by atoms with Gasteiger partial charge in [-0.3, -0.25) is 13.9 Å². The molecule has 0 saturated heterocycles. The van der Waals surface area contributed by atoms with Gasteiger partial charge in [0.15, 0.2) is 11.5 Å². The number of amides is 2. The number of hydrogen-bond acceptors (Lipinski definition) is 6. The number of carbonyl (C=O) groups is 2. The zero-order chi connectivity index (χ0) is 26.5. The van der Waals surface area contributed by atoms with Crippen molar-refractivity contribution in [3.05, 3.63) is 53.1 Å². The van der Waals surface area contributed by atoms with Gasteiger partial charge in [-0.1, -0.05) is 43.6 Å². The van der Waals surface area contributed by atoms with Crippen LogP contribution in [-0.2, 0) is 26.2 Å². The lowest BCUT2D eigenvalue weighted by Crippen LogP contribution is -2.51. The normalized spacial score (nSPS) is 13.7. The molecule has 0 saturated carbocycles. The van der Waals surface area contributed by atoms with E-state index < -0.39 is 28.5 Å². The molecule has 0 bridgehead atoms. The van der Waals surface area contributed by atoms with E-state index in [0.29, 0.717) is 41.8 Å². The number of sulfonamides is 1. The SMILES string of the molecule is CC(C)CNC(=O)[C@@H](C)N(Cc1ccccc1Cl)C(=O)CN(c1ccc2c(c1)OCCO2)S(C)(=O)=O. The number of ether oxygens (including phenoxy) is 2. The number of fused-ring (bicyclic) bond motifs is 1. The summed E-state index contributed by atoms with van der Waals surface area (Å²) < 4.78 is 37.6. The third-order valence-electron chi connectivity index (χ3n) is 5.64.